The molecule has 0 bridgehead atoms. The molecule has 1 heterocycles. The maximum absolute atomic E-state index is 9.57. The fourth-order valence-electron chi connectivity index (χ4n) is 1.68. The zero-order chi connectivity index (χ0) is 12.8. The first-order valence-electron chi connectivity index (χ1n) is 5.83. The summed E-state index contributed by atoms with van der Waals surface area (Å²) in [5.74, 6) is 0.635. The van der Waals surface area contributed by atoms with Crippen LogP contribution in [-0.2, 0) is 6.42 Å². The summed E-state index contributed by atoms with van der Waals surface area (Å²) in [4.78, 5) is 1.23. The fourth-order valence-corrected chi connectivity index (χ4v) is 2.50. The lowest BCUT2D eigenvalue weighted by Crippen LogP contribution is -2.18. The number of para-hydroxylation sites is 2. The van der Waals surface area contributed by atoms with Crippen LogP contribution in [0.25, 0.3) is 0 Å². The molecule has 0 radical (unpaired) electrons. The van der Waals surface area contributed by atoms with E-state index in [0.29, 0.717) is 12.4 Å². The molecule has 0 aliphatic carbocycles. The van der Waals surface area contributed by atoms with Gasteiger partial charge in [-0.2, -0.15) is 0 Å². The molecule has 1 aromatic carbocycles. The van der Waals surface area contributed by atoms with Crippen molar-refractivity contribution in [3.8, 4) is 11.5 Å². The Morgan fingerprint density at radius 3 is 2.67 bits per heavy atom. The maximum Gasteiger partial charge on any atom is 0.160 e. The van der Waals surface area contributed by atoms with Crippen LogP contribution in [0, 0.1) is 5.92 Å². The van der Waals surface area contributed by atoms with Gasteiger partial charge in [0.2, 0.25) is 0 Å². The first kappa shape index (κ1) is 12.9. The molecule has 0 saturated heterocycles. The predicted molar refractivity (Wildman–Crippen MR) is 72.2 cm³/mol. The molecular weight excluding hydrogens is 248 g/mol. The van der Waals surface area contributed by atoms with Crippen LogP contribution in [0.2, 0.25) is 0 Å². The standard InChI is InChI=1S/C14H16O3S/c15-9-11(8-12-4-3-7-18-12)10-17-14-6-2-1-5-13(14)16/h1-7,11,15-16H,8-10H2. The molecule has 0 saturated carbocycles. The SMILES string of the molecule is OCC(COc1ccccc1O)Cc1cccs1. The van der Waals surface area contributed by atoms with Crippen LogP contribution in [0.4, 0.5) is 0 Å². The van der Waals surface area contributed by atoms with Gasteiger partial charge in [-0.05, 0) is 30.0 Å². The van der Waals surface area contributed by atoms with Crippen molar-refractivity contribution in [1.82, 2.24) is 0 Å². The van der Waals surface area contributed by atoms with Gasteiger partial charge in [0.1, 0.15) is 0 Å². The molecule has 1 unspecified atom stereocenters. The van der Waals surface area contributed by atoms with Gasteiger partial charge in [-0.3, -0.25) is 0 Å². The van der Waals surface area contributed by atoms with Gasteiger partial charge in [0.05, 0.1) is 6.61 Å². The molecule has 3 nitrogen and oxygen atoms in total. The molecule has 2 aromatic rings. The van der Waals surface area contributed by atoms with Crippen LogP contribution in [0.15, 0.2) is 41.8 Å². The number of phenolic OH excluding ortho intramolecular Hbond substituents is 1. The second kappa shape index (κ2) is 6.42. The molecule has 0 spiro atoms. The van der Waals surface area contributed by atoms with Crippen molar-refractivity contribution >= 4 is 11.3 Å². The molecule has 2 rings (SSSR count). The highest BCUT2D eigenvalue weighted by Gasteiger charge is 2.11. The minimum atomic E-state index is 0.0447. The third-order valence-corrected chi connectivity index (χ3v) is 3.57. The number of benzene rings is 1. The van der Waals surface area contributed by atoms with E-state index in [1.165, 1.54) is 4.88 Å². The number of ether oxygens (including phenoxy) is 1. The molecule has 0 fully saturated rings. The van der Waals surface area contributed by atoms with E-state index in [2.05, 4.69) is 0 Å². The van der Waals surface area contributed by atoms with E-state index in [1.54, 1.807) is 29.5 Å². The van der Waals surface area contributed by atoms with Gasteiger partial charge in [-0.1, -0.05) is 18.2 Å². The Morgan fingerprint density at radius 2 is 2.00 bits per heavy atom. The second-order valence-corrected chi connectivity index (χ2v) is 5.14. The number of aliphatic hydroxyl groups is 1. The summed E-state index contributed by atoms with van der Waals surface area (Å²) >= 11 is 1.68. The zero-order valence-corrected chi connectivity index (χ0v) is 10.8. The third kappa shape index (κ3) is 3.48. The Kier molecular flexibility index (Phi) is 4.61. The van der Waals surface area contributed by atoms with Gasteiger partial charge in [0.15, 0.2) is 11.5 Å². The van der Waals surface area contributed by atoms with Crippen LogP contribution in [0.5, 0.6) is 11.5 Å². The highest BCUT2D eigenvalue weighted by atomic mass is 32.1. The number of thiophene rings is 1. The van der Waals surface area contributed by atoms with E-state index in [0.717, 1.165) is 6.42 Å². The Labute approximate surface area is 110 Å². The fraction of sp³-hybridized carbons (Fsp3) is 0.286. The molecule has 1 aromatic heterocycles. The average Bonchev–Trinajstić information content (AvgIpc) is 2.89. The lowest BCUT2D eigenvalue weighted by atomic mass is 10.1. The number of hydrogen-bond acceptors (Lipinski definition) is 4. The minimum Gasteiger partial charge on any atom is -0.504 e. The molecule has 0 amide bonds. The smallest absolute Gasteiger partial charge is 0.160 e. The largest absolute Gasteiger partial charge is 0.504 e. The summed E-state index contributed by atoms with van der Waals surface area (Å²) in [5, 5.41) is 20.9. The summed E-state index contributed by atoms with van der Waals surface area (Å²) in [6.07, 6.45) is 0.793. The van der Waals surface area contributed by atoms with Gasteiger partial charge in [-0.15, -0.1) is 11.3 Å². The van der Waals surface area contributed by atoms with Crippen molar-refractivity contribution in [3.05, 3.63) is 46.7 Å². The van der Waals surface area contributed by atoms with Gasteiger partial charge >= 0.3 is 0 Å². The number of phenols is 1. The summed E-state index contributed by atoms with van der Waals surface area (Å²) < 4.78 is 5.53. The van der Waals surface area contributed by atoms with E-state index in [1.807, 2.05) is 23.6 Å². The molecule has 4 heteroatoms. The monoisotopic (exact) mass is 264 g/mol. The molecule has 18 heavy (non-hydrogen) atoms. The Bertz CT molecular complexity index is 468. The van der Waals surface area contributed by atoms with E-state index >= 15 is 0 Å². The normalized spacial score (nSPS) is 12.3. The van der Waals surface area contributed by atoms with Crippen molar-refractivity contribution in [2.45, 2.75) is 6.42 Å². The first-order valence-corrected chi connectivity index (χ1v) is 6.71. The summed E-state index contributed by atoms with van der Waals surface area (Å²) in [5.41, 5.74) is 0. The molecule has 2 N–H and O–H groups in total. The molecule has 0 aliphatic rings. The van der Waals surface area contributed by atoms with E-state index in [-0.39, 0.29) is 18.3 Å². The van der Waals surface area contributed by atoms with Gasteiger partial charge in [0, 0.05) is 17.4 Å². The van der Waals surface area contributed by atoms with Crippen LogP contribution in [-0.4, -0.2) is 23.4 Å². The lowest BCUT2D eigenvalue weighted by molar-refractivity contribution is 0.160. The van der Waals surface area contributed by atoms with Crippen LogP contribution in [0.3, 0.4) is 0 Å². The first-order chi connectivity index (χ1) is 8.79. The van der Waals surface area contributed by atoms with Gasteiger partial charge in [-0.25, -0.2) is 0 Å². The average molecular weight is 264 g/mol. The number of aliphatic hydroxyl groups excluding tert-OH is 1. The Hall–Kier alpha value is -1.52. The highest BCUT2D eigenvalue weighted by Crippen LogP contribution is 2.25. The van der Waals surface area contributed by atoms with Crippen LogP contribution < -0.4 is 4.74 Å². The lowest BCUT2D eigenvalue weighted by Gasteiger charge is -2.15. The Morgan fingerprint density at radius 1 is 1.17 bits per heavy atom. The number of rotatable bonds is 6. The van der Waals surface area contributed by atoms with Gasteiger partial charge < -0.3 is 14.9 Å². The zero-order valence-electron chi connectivity index (χ0n) is 9.95. The van der Waals surface area contributed by atoms with Crippen LogP contribution >= 0.6 is 11.3 Å². The summed E-state index contributed by atoms with van der Waals surface area (Å²) in [7, 11) is 0. The van der Waals surface area contributed by atoms with Gasteiger partial charge in [0.25, 0.3) is 0 Å². The third-order valence-electron chi connectivity index (χ3n) is 2.67. The topological polar surface area (TPSA) is 49.7 Å². The second-order valence-electron chi connectivity index (χ2n) is 4.11. The predicted octanol–water partition coefficient (Wildman–Crippen LogP) is 2.68. The van der Waals surface area contributed by atoms with E-state index in [9.17, 15) is 10.2 Å². The van der Waals surface area contributed by atoms with Crippen LogP contribution in [0.1, 0.15) is 4.88 Å². The van der Waals surface area contributed by atoms with Crippen molar-refractivity contribution in [2.75, 3.05) is 13.2 Å². The Balaban J connectivity index is 1.89. The molecule has 1 atom stereocenters. The summed E-state index contributed by atoms with van der Waals surface area (Å²) in [6, 6.07) is 10.9. The van der Waals surface area contributed by atoms with Crippen molar-refractivity contribution in [2.24, 2.45) is 5.92 Å². The number of hydrogen-bond donors (Lipinski definition) is 2. The van der Waals surface area contributed by atoms with E-state index < -0.39 is 0 Å². The molecule has 0 aliphatic heterocycles. The summed E-state index contributed by atoms with van der Waals surface area (Å²) in [6.45, 7) is 0.470. The number of aromatic hydroxyl groups is 1. The molecule has 96 valence electrons. The van der Waals surface area contributed by atoms with Crippen molar-refractivity contribution < 1.29 is 14.9 Å². The van der Waals surface area contributed by atoms with E-state index in [4.69, 9.17) is 4.74 Å². The minimum absolute atomic E-state index is 0.0447. The highest BCUT2D eigenvalue weighted by molar-refractivity contribution is 7.09. The van der Waals surface area contributed by atoms with Crippen molar-refractivity contribution in [1.29, 1.82) is 0 Å². The molecular formula is C14H16O3S. The quantitative estimate of drug-likeness (QED) is 0.843. The van der Waals surface area contributed by atoms with Crippen molar-refractivity contribution in [3.63, 3.8) is 0 Å². The maximum atomic E-state index is 9.57.